The Balaban J connectivity index is 1.73. The second-order valence-corrected chi connectivity index (χ2v) is 8.75. The molecule has 3 fully saturated rings. The average molecular weight is 415 g/mol. The molecule has 1 aromatic carbocycles. The molecule has 2 atom stereocenters. The molecule has 2 saturated heterocycles. The number of carbonyl (C=O) groups is 1. The lowest BCUT2D eigenvalue weighted by atomic mass is 9.91. The van der Waals surface area contributed by atoms with Crippen molar-refractivity contribution in [3.8, 4) is 5.75 Å². The molecule has 2 aliphatic heterocycles. The topological polar surface area (TPSA) is 83.8 Å². The number of hydrogen-bond acceptors (Lipinski definition) is 5. The predicted molar refractivity (Wildman–Crippen MR) is 111 cm³/mol. The van der Waals surface area contributed by atoms with Crippen molar-refractivity contribution in [2.75, 3.05) is 31.6 Å². The van der Waals surface area contributed by atoms with Crippen LogP contribution in [0.1, 0.15) is 48.5 Å². The van der Waals surface area contributed by atoms with Crippen LogP contribution in [0.3, 0.4) is 0 Å². The van der Waals surface area contributed by atoms with Crippen LogP contribution in [0.15, 0.2) is 17.1 Å². The van der Waals surface area contributed by atoms with Gasteiger partial charge in [-0.05, 0) is 50.6 Å². The lowest BCUT2D eigenvalue weighted by Gasteiger charge is -2.38. The molecule has 8 heteroatoms. The number of rotatable bonds is 4. The van der Waals surface area contributed by atoms with Gasteiger partial charge >= 0.3 is 5.97 Å². The summed E-state index contributed by atoms with van der Waals surface area (Å²) in [4.78, 5) is 26.5. The van der Waals surface area contributed by atoms with Crippen molar-refractivity contribution < 1.29 is 19.0 Å². The van der Waals surface area contributed by atoms with E-state index in [2.05, 4.69) is 5.32 Å². The van der Waals surface area contributed by atoms with Crippen molar-refractivity contribution in [2.24, 2.45) is 5.92 Å². The van der Waals surface area contributed by atoms with Gasteiger partial charge in [-0.3, -0.25) is 4.79 Å². The molecule has 2 unspecified atom stereocenters. The molecular formula is C22H26FN3O4. The minimum Gasteiger partial charge on any atom is -0.492 e. The molecule has 5 rings (SSSR count). The highest BCUT2D eigenvalue weighted by molar-refractivity contribution is 5.97. The molecule has 160 valence electrons. The van der Waals surface area contributed by atoms with Gasteiger partial charge in [0.1, 0.15) is 11.3 Å². The highest BCUT2D eigenvalue weighted by Gasteiger charge is 2.35. The van der Waals surface area contributed by atoms with E-state index in [9.17, 15) is 14.7 Å². The van der Waals surface area contributed by atoms with Gasteiger partial charge in [0.2, 0.25) is 5.43 Å². The number of nitrogens with one attached hydrogen (secondary N) is 1. The largest absolute Gasteiger partial charge is 0.492 e. The minimum absolute atomic E-state index is 0.0625. The fourth-order valence-electron chi connectivity index (χ4n) is 5.16. The number of carboxylic acid groups (broad SMARTS) is 1. The van der Waals surface area contributed by atoms with Crippen LogP contribution in [0.5, 0.6) is 5.75 Å². The molecule has 1 saturated carbocycles. The van der Waals surface area contributed by atoms with Gasteiger partial charge in [-0.15, -0.1) is 0 Å². The number of anilines is 1. The van der Waals surface area contributed by atoms with Gasteiger partial charge in [-0.1, -0.05) is 0 Å². The summed E-state index contributed by atoms with van der Waals surface area (Å²) in [5.41, 5.74) is -0.142. The Kier molecular flexibility index (Phi) is 4.69. The van der Waals surface area contributed by atoms with Gasteiger partial charge in [0.25, 0.3) is 0 Å². The summed E-state index contributed by atoms with van der Waals surface area (Å²) >= 11 is 0. The number of piperidine rings is 1. The molecule has 3 aliphatic rings. The number of methoxy groups -OCH3 is 1. The van der Waals surface area contributed by atoms with Crippen LogP contribution in [0, 0.1) is 11.7 Å². The number of fused-ring (bicyclic) bond motifs is 3. The third-order valence-corrected chi connectivity index (χ3v) is 6.65. The van der Waals surface area contributed by atoms with Crippen molar-refractivity contribution >= 4 is 22.6 Å². The predicted octanol–water partition coefficient (Wildman–Crippen LogP) is 2.76. The first-order chi connectivity index (χ1) is 14.5. The van der Waals surface area contributed by atoms with E-state index in [1.807, 2.05) is 4.90 Å². The van der Waals surface area contributed by atoms with Gasteiger partial charge in [-0.2, -0.15) is 0 Å². The van der Waals surface area contributed by atoms with Crippen molar-refractivity contribution in [3.05, 3.63) is 33.9 Å². The highest BCUT2D eigenvalue weighted by atomic mass is 19.1. The lowest BCUT2D eigenvalue weighted by Crippen LogP contribution is -2.48. The molecule has 1 aromatic heterocycles. The van der Waals surface area contributed by atoms with E-state index in [4.69, 9.17) is 4.74 Å². The number of carboxylic acids is 1. The number of pyridine rings is 1. The van der Waals surface area contributed by atoms with Crippen molar-refractivity contribution in [1.29, 1.82) is 0 Å². The summed E-state index contributed by atoms with van der Waals surface area (Å²) in [6.45, 7) is 2.40. The minimum atomic E-state index is -1.30. The Bertz CT molecular complexity index is 1060. The summed E-state index contributed by atoms with van der Waals surface area (Å²) < 4.78 is 23.0. The molecule has 1 aliphatic carbocycles. The average Bonchev–Trinajstić information content (AvgIpc) is 3.56. The van der Waals surface area contributed by atoms with Crippen LogP contribution >= 0.6 is 0 Å². The first-order valence-electron chi connectivity index (χ1n) is 10.6. The zero-order valence-corrected chi connectivity index (χ0v) is 17.0. The van der Waals surface area contributed by atoms with Gasteiger partial charge in [0.05, 0.1) is 18.0 Å². The molecule has 0 radical (unpaired) electrons. The normalized spacial score (nSPS) is 24.0. The second kappa shape index (κ2) is 7.27. The van der Waals surface area contributed by atoms with E-state index >= 15 is 4.39 Å². The van der Waals surface area contributed by atoms with Crippen molar-refractivity contribution in [1.82, 2.24) is 9.88 Å². The summed E-state index contributed by atoms with van der Waals surface area (Å²) in [5.74, 6) is -1.03. The van der Waals surface area contributed by atoms with E-state index in [-0.39, 0.29) is 17.0 Å². The van der Waals surface area contributed by atoms with Gasteiger partial charge in [0.15, 0.2) is 11.6 Å². The molecule has 2 N–H and O–H groups in total. The van der Waals surface area contributed by atoms with E-state index in [1.165, 1.54) is 19.4 Å². The fraction of sp³-hybridized carbons (Fsp3) is 0.545. The van der Waals surface area contributed by atoms with Crippen LogP contribution < -0.4 is 20.4 Å². The molecular weight excluding hydrogens is 389 g/mol. The summed E-state index contributed by atoms with van der Waals surface area (Å²) in [6.07, 6.45) is 6.49. The summed E-state index contributed by atoms with van der Waals surface area (Å²) in [6, 6.07) is 1.60. The molecule has 30 heavy (non-hydrogen) atoms. The van der Waals surface area contributed by atoms with E-state index in [0.717, 1.165) is 45.2 Å². The number of aromatic nitrogens is 1. The number of aromatic carboxylic acids is 1. The first-order valence-corrected chi connectivity index (χ1v) is 10.6. The smallest absolute Gasteiger partial charge is 0.341 e. The molecule has 2 aromatic rings. The maximum atomic E-state index is 15.5. The van der Waals surface area contributed by atoms with Crippen LogP contribution in [-0.2, 0) is 0 Å². The summed E-state index contributed by atoms with van der Waals surface area (Å²) in [5, 5.41) is 13.1. The molecule has 7 nitrogen and oxygen atoms in total. The molecule has 2 bridgehead atoms. The zero-order chi connectivity index (χ0) is 21.0. The van der Waals surface area contributed by atoms with Crippen molar-refractivity contribution in [2.45, 2.75) is 44.2 Å². The maximum absolute atomic E-state index is 15.5. The number of hydrogen-bond donors (Lipinski definition) is 2. The third kappa shape index (κ3) is 3.14. The van der Waals surface area contributed by atoms with Crippen LogP contribution in [0.25, 0.3) is 10.9 Å². The molecule has 0 amide bonds. The number of nitrogens with zero attached hydrogens (tertiary/aromatic N) is 2. The van der Waals surface area contributed by atoms with E-state index in [0.29, 0.717) is 35.5 Å². The first kappa shape index (κ1) is 19.4. The Hall–Kier alpha value is -2.61. The monoisotopic (exact) mass is 415 g/mol. The van der Waals surface area contributed by atoms with Gasteiger partial charge < -0.3 is 24.6 Å². The maximum Gasteiger partial charge on any atom is 0.341 e. The fourth-order valence-corrected chi connectivity index (χ4v) is 5.16. The van der Waals surface area contributed by atoms with E-state index < -0.39 is 17.2 Å². The third-order valence-electron chi connectivity index (χ3n) is 6.65. The SMILES string of the molecule is COc1c(N2CC3CCCNC(C3)C2)c(F)cc2c(=O)c(C(=O)O)cn(C3CC3)c12. The Morgan fingerprint density at radius 3 is 2.80 bits per heavy atom. The quantitative estimate of drug-likeness (QED) is 0.799. The Morgan fingerprint density at radius 2 is 2.10 bits per heavy atom. The lowest BCUT2D eigenvalue weighted by molar-refractivity contribution is 0.0695. The van der Waals surface area contributed by atoms with Crippen molar-refractivity contribution in [3.63, 3.8) is 0 Å². The van der Waals surface area contributed by atoms with Crippen LogP contribution in [0.2, 0.25) is 0 Å². The number of benzene rings is 1. The zero-order valence-electron chi connectivity index (χ0n) is 17.0. The van der Waals surface area contributed by atoms with Gasteiger partial charge in [-0.25, -0.2) is 9.18 Å². The Morgan fingerprint density at radius 1 is 1.30 bits per heavy atom. The number of halogens is 1. The summed E-state index contributed by atoms with van der Waals surface area (Å²) in [7, 11) is 1.49. The van der Waals surface area contributed by atoms with Crippen LogP contribution in [-0.4, -0.2) is 48.4 Å². The highest BCUT2D eigenvalue weighted by Crippen LogP contribution is 2.44. The number of ether oxygens (including phenoxy) is 1. The van der Waals surface area contributed by atoms with E-state index in [1.54, 1.807) is 4.57 Å². The van der Waals surface area contributed by atoms with Gasteiger partial charge in [0, 0.05) is 31.4 Å². The molecule has 0 spiro atoms. The standard InChI is InChI=1S/C22H26FN3O4/c1-30-21-18-15(20(27)16(22(28)29)11-26(18)14-4-5-14)8-17(23)19(21)25-9-12-3-2-6-24-13(7-12)10-25/h8,11-14,24H,2-7,9-10H2,1H3,(H,28,29). The second-order valence-electron chi connectivity index (χ2n) is 8.75. The van der Waals surface area contributed by atoms with Crippen LogP contribution in [0.4, 0.5) is 10.1 Å². The Labute approximate surface area is 173 Å². The molecule has 3 heterocycles.